The molecule has 3 aliphatic rings. The molecule has 1 atom stereocenters. The number of sulfonamides is 1. The van der Waals surface area contributed by atoms with Gasteiger partial charge in [0.1, 0.15) is 0 Å². The summed E-state index contributed by atoms with van der Waals surface area (Å²) in [7, 11) is -3.58. The Kier molecular flexibility index (Phi) is 5.21. The summed E-state index contributed by atoms with van der Waals surface area (Å²) in [6, 6.07) is 5.87. The van der Waals surface area contributed by atoms with Gasteiger partial charge in [-0.25, -0.2) is 17.9 Å². The minimum Gasteiger partial charge on any atom is -0.381 e. The van der Waals surface area contributed by atoms with Crippen molar-refractivity contribution in [1.82, 2.24) is 14.9 Å². The van der Waals surface area contributed by atoms with Crippen molar-refractivity contribution in [1.29, 1.82) is 0 Å². The Balaban J connectivity index is 1.36. The third-order valence-electron chi connectivity index (χ3n) is 4.89. The zero-order valence-corrected chi connectivity index (χ0v) is 16.0. The molecular weight excluding hydrogens is 380 g/mol. The molecular formula is C19H22N4O4S. The molecule has 0 saturated carbocycles. The monoisotopic (exact) mass is 402 g/mol. The van der Waals surface area contributed by atoms with Gasteiger partial charge in [-0.15, -0.1) is 0 Å². The predicted octanol–water partition coefficient (Wildman–Crippen LogP) is 1.73. The molecule has 2 amide bonds. The summed E-state index contributed by atoms with van der Waals surface area (Å²) in [6.45, 7) is 2.12. The fourth-order valence-corrected chi connectivity index (χ4v) is 4.35. The van der Waals surface area contributed by atoms with Crippen molar-refractivity contribution in [3.63, 3.8) is 0 Å². The number of nitrogens with one attached hydrogen (secondary N) is 3. The lowest BCUT2D eigenvalue weighted by Gasteiger charge is -2.15. The zero-order valence-electron chi connectivity index (χ0n) is 15.2. The number of carbonyl (C=O) groups is 1. The number of allylic oxidation sites excluding steroid dienone is 1. The summed E-state index contributed by atoms with van der Waals surface area (Å²) in [6.07, 6.45) is 8.23. The average molecular weight is 402 g/mol. The summed E-state index contributed by atoms with van der Waals surface area (Å²) >= 11 is 0. The Bertz CT molecular complexity index is 945. The Morgan fingerprint density at radius 1 is 1.29 bits per heavy atom. The summed E-state index contributed by atoms with van der Waals surface area (Å²) in [4.78, 5) is 14.2. The number of nitrogens with zero attached hydrogens (tertiary/aromatic N) is 1. The van der Waals surface area contributed by atoms with Gasteiger partial charge in [-0.05, 0) is 53.8 Å². The van der Waals surface area contributed by atoms with E-state index in [1.807, 2.05) is 18.5 Å². The topological polar surface area (TPSA) is 99.8 Å². The van der Waals surface area contributed by atoms with Gasteiger partial charge in [-0.1, -0.05) is 0 Å². The number of anilines is 1. The first-order valence-electron chi connectivity index (χ1n) is 9.10. The van der Waals surface area contributed by atoms with Crippen molar-refractivity contribution >= 4 is 21.7 Å². The number of hydrogen-bond acceptors (Lipinski definition) is 5. The van der Waals surface area contributed by atoms with Crippen LogP contribution in [-0.2, 0) is 14.8 Å². The molecule has 1 aromatic rings. The number of dihydropyridines is 1. The fourth-order valence-electron chi connectivity index (χ4n) is 3.24. The van der Waals surface area contributed by atoms with Crippen molar-refractivity contribution in [3.8, 4) is 0 Å². The Labute approximate surface area is 164 Å². The molecule has 3 N–H and O–H groups in total. The molecule has 8 nitrogen and oxygen atoms in total. The van der Waals surface area contributed by atoms with E-state index in [1.165, 1.54) is 12.1 Å². The molecule has 28 heavy (non-hydrogen) atoms. The summed E-state index contributed by atoms with van der Waals surface area (Å²) < 4.78 is 32.7. The van der Waals surface area contributed by atoms with E-state index in [0.29, 0.717) is 32.0 Å². The van der Waals surface area contributed by atoms with E-state index in [0.717, 1.165) is 17.6 Å². The van der Waals surface area contributed by atoms with Crippen molar-refractivity contribution in [3.05, 3.63) is 60.1 Å². The number of urea groups is 1. The van der Waals surface area contributed by atoms with Crippen LogP contribution in [0.15, 0.2) is 65.0 Å². The number of fused-ring (bicyclic) bond motifs is 1. The molecule has 1 fully saturated rings. The van der Waals surface area contributed by atoms with Crippen LogP contribution in [0.2, 0.25) is 0 Å². The highest BCUT2D eigenvalue weighted by Gasteiger charge is 2.23. The smallest absolute Gasteiger partial charge is 0.326 e. The number of rotatable bonds is 5. The second-order valence-corrected chi connectivity index (χ2v) is 8.68. The van der Waals surface area contributed by atoms with Crippen LogP contribution < -0.4 is 15.4 Å². The molecule has 0 aliphatic carbocycles. The highest BCUT2D eigenvalue weighted by Crippen LogP contribution is 2.24. The number of hydrogen-bond donors (Lipinski definition) is 3. The molecule has 1 aromatic carbocycles. The second-order valence-electron chi connectivity index (χ2n) is 6.92. The van der Waals surface area contributed by atoms with Crippen LogP contribution in [0.25, 0.3) is 0 Å². The quantitative estimate of drug-likeness (QED) is 0.697. The van der Waals surface area contributed by atoms with Crippen LogP contribution in [0.1, 0.15) is 6.42 Å². The third-order valence-corrected chi connectivity index (χ3v) is 6.33. The zero-order chi connectivity index (χ0) is 19.6. The van der Waals surface area contributed by atoms with E-state index < -0.39 is 10.0 Å². The lowest BCUT2D eigenvalue weighted by molar-refractivity contribution is 0.186. The predicted molar refractivity (Wildman–Crippen MR) is 105 cm³/mol. The van der Waals surface area contributed by atoms with Crippen LogP contribution in [-0.4, -0.2) is 45.7 Å². The molecule has 3 heterocycles. The molecule has 0 aromatic heterocycles. The van der Waals surface area contributed by atoms with E-state index in [-0.39, 0.29) is 16.8 Å². The molecule has 3 aliphatic heterocycles. The molecule has 4 rings (SSSR count). The van der Waals surface area contributed by atoms with Crippen molar-refractivity contribution in [2.45, 2.75) is 11.3 Å². The van der Waals surface area contributed by atoms with Crippen LogP contribution >= 0.6 is 0 Å². The van der Waals surface area contributed by atoms with Crippen LogP contribution in [0, 0.1) is 5.92 Å². The first-order chi connectivity index (χ1) is 13.5. The molecule has 0 radical (unpaired) electrons. The number of ether oxygens (including phenoxy) is 1. The van der Waals surface area contributed by atoms with Crippen LogP contribution in [0.4, 0.5) is 10.5 Å². The number of benzene rings is 1. The van der Waals surface area contributed by atoms with Crippen LogP contribution in [0.3, 0.4) is 0 Å². The van der Waals surface area contributed by atoms with E-state index in [4.69, 9.17) is 4.74 Å². The summed E-state index contributed by atoms with van der Waals surface area (Å²) in [5.74, 6) is 0.215. The Morgan fingerprint density at radius 2 is 2.11 bits per heavy atom. The van der Waals surface area contributed by atoms with E-state index in [2.05, 4.69) is 15.4 Å². The number of carbonyl (C=O) groups excluding carboxylic acids is 1. The van der Waals surface area contributed by atoms with E-state index in [9.17, 15) is 13.2 Å². The minimum absolute atomic E-state index is 0.167. The molecule has 0 bridgehead atoms. The third kappa shape index (κ3) is 4.11. The van der Waals surface area contributed by atoms with Gasteiger partial charge in [-0.3, -0.25) is 4.90 Å². The molecule has 0 spiro atoms. The fraction of sp³-hybridized carbons (Fsp3) is 0.316. The lowest BCUT2D eigenvalue weighted by Crippen LogP contribution is -2.30. The second kappa shape index (κ2) is 7.78. The molecule has 1 unspecified atom stereocenters. The van der Waals surface area contributed by atoms with Gasteiger partial charge in [0.25, 0.3) is 0 Å². The first kappa shape index (κ1) is 18.7. The molecule has 148 valence electrons. The van der Waals surface area contributed by atoms with Crippen molar-refractivity contribution < 1.29 is 17.9 Å². The largest absolute Gasteiger partial charge is 0.381 e. The van der Waals surface area contributed by atoms with Gasteiger partial charge >= 0.3 is 6.03 Å². The Hall–Kier alpha value is -2.62. The maximum Gasteiger partial charge on any atom is 0.326 e. The highest BCUT2D eigenvalue weighted by atomic mass is 32.2. The normalized spacial score (nSPS) is 21.0. The van der Waals surface area contributed by atoms with Gasteiger partial charge in [0.2, 0.25) is 10.0 Å². The van der Waals surface area contributed by atoms with Gasteiger partial charge in [0.15, 0.2) is 0 Å². The maximum absolute atomic E-state index is 12.4. The SMILES string of the molecule is O=C(Nc1ccc(S(=O)(=O)NCC2CCOC2)cc1)N1C=C2C=CNC=C2C1. The molecule has 1 saturated heterocycles. The summed E-state index contributed by atoms with van der Waals surface area (Å²) in [5, 5.41) is 5.79. The first-order valence-corrected chi connectivity index (χ1v) is 10.6. The van der Waals surface area contributed by atoms with Crippen molar-refractivity contribution in [2.75, 3.05) is 31.6 Å². The van der Waals surface area contributed by atoms with Gasteiger partial charge in [0, 0.05) is 37.4 Å². The average Bonchev–Trinajstić information content (AvgIpc) is 3.36. The van der Waals surface area contributed by atoms with Crippen LogP contribution in [0.5, 0.6) is 0 Å². The highest BCUT2D eigenvalue weighted by molar-refractivity contribution is 7.89. The number of amides is 2. The minimum atomic E-state index is -3.58. The van der Waals surface area contributed by atoms with Crippen molar-refractivity contribution in [2.24, 2.45) is 5.92 Å². The maximum atomic E-state index is 12.4. The Morgan fingerprint density at radius 3 is 2.82 bits per heavy atom. The van der Waals surface area contributed by atoms with Gasteiger partial charge in [-0.2, -0.15) is 0 Å². The standard InChI is InChI=1S/C19H22N4O4S/c24-19(23-11-15-5-7-20-10-16(15)12-23)22-17-1-3-18(4-2-17)28(25,26)21-9-14-6-8-27-13-14/h1-5,7,10-11,14,20-21H,6,8-9,12-13H2,(H,22,24). The van der Waals surface area contributed by atoms with E-state index in [1.54, 1.807) is 23.2 Å². The van der Waals surface area contributed by atoms with E-state index >= 15 is 0 Å². The molecule has 9 heteroatoms. The van der Waals surface area contributed by atoms with Gasteiger partial charge in [0.05, 0.1) is 18.0 Å². The lowest BCUT2D eigenvalue weighted by atomic mass is 10.1. The summed E-state index contributed by atoms with van der Waals surface area (Å²) in [5.41, 5.74) is 2.57. The van der Waals surface area contributed by atoms with Gasteiger partial charge < -0.3 is 15.4 Å².